The molecule has 0 saturated heterocycles. The minimum atomic E-state index is 0.112. The number of hydrogen-bond donors (Lipinski definition) is 1. The summed E-state index contributed by atoms with van der Waals surface area (Å²) >= 11 is 0. The molecule has 0 saturated carbocycles. The van der Waals surface area contributed by atoms with Crippen LogP contribution in [0.1, 0.15) is 13.8 Å². The molecule has 0 aliphatic rings. The number of ether oxygens (including phenoxy) is 2. The molecule has 0 unspecified atom stereocenters. The minimum Gasteiger partial charge on any atom is -0.487 e. The Morgan fingerprint density at radius 3 is 2.11 bits per heavy atom. The maximum Gasteiger partial charge on any atom is 0.169 e. The first kappa shape index (κ1) is 12.3. The molecule has 2 aromatic carbocycles. The Kier molecular flexibility index (Phi) is 3.72. The Hall–Kier alpha value is -2.16. The molecule has 0 fully saturated rings. The van der Waals surface area contributed by atoms with Gasteiger partial charge in [0.25, 0.3) is 0 Å². The first-order valence-electron chi connectivity index (χ1n) is 5.94. The number of para-hydroxylation sites is 2. The van der Waals surface area contributed by atoms with Crippen molar-refractivity contribution in [2.75, 3.05) is 5.73 Å². The molecule has 0 atom stereocenters. The van der Waals surface area contributed by atoms with Crippen LogP contribution in [-0.4, -0.2) is 6.10 Å². The standard InChI is InChI=1S/C15H17NO2/c1-11(2)17-14-5-3-4-6-15(14)18-13-9-7-12(16)8-10-13/h3-11H,16H2,1-2H3. The van der Waals surface area contributed by atoms with E-state index in [4.69, 9.17) is 15.2 Å². The molecule has 2 N–H and O–H groups in total. The number of anilines is 1. The van der Waals surface area contributed by atoms with E-state index in [2.05, 4.69) is 0 Å². The second kappa shape index (κ2) is 5.45. The third-order valence-corrected chi connectivity index (χ3v) is 2.32. The molecule has 2 rings (SSSR count). The van der Waals surface area contributed by atoms with E-state index >= 15 is 0 Å². The molecule has 0 aliphatic heterocycles. The van der Waals surface area contributed by atoms with E-state index in [0.29, 0.717) is 11.4 Å². The zero-order valence-electron chi connectivity index (χ0n) is 10.6. The molecule has 18 heavy (non-hydrogen) atoms. The van der Waals surface area contributed by atoms with Crippen molar-refractivity contribution in [3.05, 3.63) is 48.5 Å². The number of hydrogen-bond acceptors (Lipinski definition) is 3. The van der Waals surface area contributed by atoms with Crippen LogP contribution >= 0.6 is 0 Å². The summed E-state index contributed by atoms with van der Waals surface area (Å²) in [6, 6.07) is 14.9. The molecule has 0 aliphatic carbocycles. The molecular formula is C15H17NO2. The van der Waals surface area contributed by atoms with Crippen molar-refractivity contribution in [2.45, 2.75) is 20.0 Å². The molecule has 94 valence electrons. The van der Waals surface area contributed by atoms with E-state index in [1.807, 2.05) is 50.2 Å². The second-order valence-electron chi connectivity index (χ2n) is 4.28. The van der Waals surface area contributed by atoms with Gasteiger partial charge in [-0.2, -0.15) is 0 Å². The number of nitrogens with two attached hydrogens (primary N) is 1. The fourth-order valence-corrected chi connectivity index (χ4v) is 1.55. The van der Waals surface area contributed by atoms with Crippen LogP contribution in [0.3, 0.4) is 0 Å². The van der Waals surface area contributed by atoms with E-state index < -0.39 is 0 Å². The monoisotopic (exact) mass is 243 g/mol. The van der Waals surface area contributed by atoms with E-state index in [-0.39, 0.29) is 6.10 Å². The lowest BCUT2D eigenvalue weighted by atomic mass is 10.3. The molecule has 0 aromatic heterocycles. The van der Waals surface area contributed by atoms with Crippen LogP contribution in [-0.2, 0) is 0 Å². The van der Waals surface area contributed by atoms with Crippen LogP contribution in [0, 0.1) is 0 Å². The van der Waals surface area contributed by atoms with Gasteiger partial charge in [-0.05, 0) is 50.2 Å². The number of benzene rings is 2. The molecule has 0 radical (unpaired) electrons. The highest BCUT2D eigenvalue weighted by Gasteiger charge is 2.06. The van der Waals surface area contributed by atoms with Gasteiger partial charge in [-0.3, -0.25) is 0 Å². The topological polar surface area (TPSA) is 44.5 Å². The third-order valence-electron chi connectivity index (χ3n) is 2.32. The summed E-state index contributed by atoms with van der Waals surface area (Å²) < 4.78 is 11.5. The first-order chi connectivity index (χ1) is 8.65. The number of rotatable bonds is 4. The van der Waals surface area contributed by atoms with Crippen LogP contribution in [0.2, 0.25) is 0 Å². The summed E-state index contributed by atoms with van der Waals surface area (Å²) in [5, 5.41) is 0. The Morgan fingerprint density at radius 1 is 0.889 bits per heavy atom. The lowest BCUT2D eigenvalue weighted by Crippen LogP contribution is -2.06. The fraction of sp³-hybridized carbons (Fsp3) is 0.200. The van der Waals surface area contributed by atoms with E-state index in [0.717, 1.165) is 11.5 Å². The summed E-state index contributed by atoms with van der Waals surface area (Å²) in [5.41, 5.74) is 6.35. The van der Waals surface area contributed by atoms with Crippen molar-refractivity contribution in [3.63, 3.8) is 0 Å². The van der Waals surface area contributed by atoms with Crippen LogP contribution in [0.5, 0.6) is 17.2 Å². The van der Waals surface area contributed by atoms with Gasteiger partial charge < -0.3 is 15.2 Å². The third kappa shape index (κ3) is 3.17. The molecule has 0 bridgehead atoms. The minimum absolute atomic E-state index is 0.112. The van der Waals surface area contributed by atoms with Gasteiger partial charge in [0.1, 0.15) is 5.75 Å². The smallest absolute Gasteiger partial charge is 0.169 e. The molecule has 0 amide bonds. The lowest BCUT2D eigenvalue weighted by Gasteiger charge is -2.14. The van der Waals surface area contributed by atoms with Crippen molar-refractivity contribution < 1.29 is 9.47 Å². The number of nitrogen functional groups attached to an aromatic ring is 1. The Labute approximate surface area is 107 Å². The van der Waals surface area contributed by atoms with Crippen LogP contribution in [0.25, 0.3) is 0 Å². The maximum absolute atomic E-state index is 5.78. The van der Waals surface area contributed by atoms with Gasteiger partial charge in [0.2, 0.25) is 0 Å². The first-order valence-corrected chi connectivity index (χ1v) is 5.94. The predicted octanol–water partition coefficient (Wildman–Crippen LogP) is 3.85. The van der Waals surface area contributed by atoms with Gasteiger partial charge in [0.05, 0.1) is 6.10 Å². The SMILES string of the molecule is CC(C)Oc1ccccc1Oc1ccc(N)cc1. The lowest BCUT2D eigenvalue weighted by molar-refractivity contribution is 0.233. The summed E-state index contributed by atoms with van der Waals surface area (Å²) in [6.45, 7) is 3.97. The molecule has 0 spiro atoms. The Bertz CT molecular complexity index is 506. The summed E-state index contributed by atoms with van der Waals surface area (Å²) in [4.78, 5) is 0. The largest absolute Gasteiger partial charge is 0.487 e. The molecule has 3 heteroatoms. The van der Waals surface area contributed by atoms with E-state index in [1.165, 1.54) is 0 Å². The summed E-state index contributed by atoms with van der Waals surface area (Å²) in [5.74, 6) is 2.18. The van der Waals surface area contributed by atoms with Crippen molar-refractivity contribution in [1.29, 1.82) is 0 Å². The second-order valence-corrected chi connectivity index (χ2v) is 4.28. The zero-order valence-corrected chi connectivity index (χ0v) is 10.6. The van der Waals surface area contributed by atoms with Crippen molar-refractivity contribution in [2.24, 2.45) is 0 Å². The average Bonchev–Trinajstić information content (AvgIpc) is 2.34. The van der Waals surface area contributed by atoms with Crippen molar-refractivity contribution in [3.8, 4) is 17.2 Å². The molecular weight excluding hydrogens is 226 g/mol. The Balaban J connectivity index is 2.20. The van der Waals surface area contributed by atoms with Crippen molar-refractivity contribution in [1.82, 2.24) is 0 Å². The van der Waals surface area contributed by atoms with Gasteiger partial charge >= 0.3 is 0 Å². The normalized spacial score (nSPS) is 10.4. The van der Waals surface area contributed by atoms with Crippen molar-refractivity contribution >= 4 is 5.69 Å². The summed E-state index contributed by atoms with van der Waals surface area (Å²) in [7, 11) is 0. The quantitative estimate of drug-likeness (QED) is 0.829. The fourth-order valence-electron chi connectivity index (χ4n) is 1.55. The van der Waals surface area contributed by atoms with Crippen LogP contribution in [0.15, 0.2) is 48.5 Å². The molecule has 2 aromatic rings. The maximum atomic E-state index is 5.78. The Morgan fingerprint density at radius 2 is 1.50 bits per heavy atom. The van der Waals surface area contributed by atoms with E-state index in [9.17, 15) is 0 Å². The van der Waals surface area contributed by atoms with Gasteiger partial charge in [-0.1, -0.05) is 12.1 Å². The highest BCUT2D eigenvalue weighted by molar-refractivity contribution is 5.46. The zero-order chi connectivity index (χ0) is 13.0. The summed E-state index contributed by atoms with van der Waals surface area (Å²) in [6.07, 6.45) is 0.112. The van der Waals surface area contributed by atoms with Gasteiger partial charge in [-0.15, -0.1) is 0 Å². The predicted molar refractivity (Wildman–Crippen MR) is 73.1 cm³/mol. The van der Waals surface area contributed by atoms with Gasteiger partial charge in [0.15, 0.2) is 11.5 Å². The molecule has 3 nitrogen and oxygen atoms in total. The van der Waals surface area contributed by atoms with E-state index in [1.54, 1.807) is 12.1 Å². The van der Waals surface area contributed by atoms with Crippen LogP contribution in [0.4, 0.5) is 5.69 Å². The van der Waals surface area contributed by atoms with Gasteiger partial charge in [-0.25, -0.2) is 0 Å². The highest BCUT2D eigenvalue weighted by Crippen LogP contribution is 2.32. The highest BCUT2D eigenvalue weighted by atomic mass is 16.5. The van der Waals surface area contributed by atoms with Gasteiger partial charge in [0, 0.05) is 5.69 Å². The molecule has 0 heterocycles. The average molecular weight is 243 g/mol. The van der Waals surface area contributed by atoms with Crippen LogP contribution < -0.4 is 15.2 Å².